The van der Waals surface area contributed by atoms with Crippen LogP contribution in [0.4, 0.5) is 0 Å². The Balaban J connectivity index is 2.42. The van der Waals surface area contributed by atoms with Crippen molar-refractivity contribution in [3.63, 3.8) is 0 Å². The van der Waals surface area contributed by atoms with Gasteiger partial charge >= 0.3 is 0 Å². The standard InChI is InChI=1S/C12H25N/c1-5-8-12(3,4)13-9-6-11(2)7-10-13/h11H,5-10H2,1-4H3. The van der Waals surface area contributed by atoms with E-state index in [1.807, 2.05) is 0 Å². The van der Waals surface area contributed by atoms with Gasteiger partial charge in [0.25, 0.3) is 0 Å². The third kappa shape index (κ3) is 2.98. The molecule has 0 spiro atoms. The molecular weight excluding hydrogens is 158 g/mol. The van der Waals surface area contributed by atoms with Gasteiger partial charge in [-0.2, -0.15) is 0 Å². The lowest BCUT2D eigenvalue weighted by Crippen LogP contribution is -2.47. The molecule has 78 valence electrons. The second kappa shape index (κ2) is 4.45. The topological polar surface area (TPSA) is 3.24 Å². The second-order valence-corrected chi connectivity index (χ2v) is 5.23. The molecule has 1 aliphatic heterocycles. The number of rotatable bonds is 3. The number of hydrogen-bond donors (Lipinski definition) is 0. The Morgan fingerprint density at radius 1 is 1.23 bits per heavy atom. The molecule has 1 heterocycles. The smallest absolute Gasteiger partial charge is 0.0153 e. The molecule has 1 rings (SSSR count). The van der Waals surface area contributed by atoms with Crippen molar-refractivity contribution >= 4 is 0 Å². The van der Waals surface area contributed by atoms with Gasteiger partial charge in [0.15, 0.2) is 0 Å². The SMILES string of the molecule is CCCC(C)(C)N1CCC(C)CC1. The minimum Gasteiger partial charge on any atom is -0.298 e. The summed E-state index contributed by atoms with van der Waals surface area (Å²) in [5.41, 5.74) is 0.439. The van der Waals surface area contributed by atoms with E-state index in [-0.39, 0.29) is 0 Å². The highest BCUT2D eigenvalue weighted by Gasteiger charge is 2.28. The van der Waals surface area contributed by atoms with E-state index in [2.05, 4.69) is 32.6 Å². The maximum atomic E-state index is 2.68. The minimum absolute atomic E-state index is 0.439. The van der Waals surface area contributed by atoms with Crippen LogP contribution in [0.2, 0.25) is 0 Å². The zero-order valence-electron chi connectivity index (χ0n) is 9.77. The van der Waals surface area contributed by atoms with Crippen molar-refractivity contribution in [3.8, 4) is 0 Å². The Morgan fingerprint density at radius 2 is 1.77 bits per heavy atom. The van der Waals surface area contributed by atoms with E-state index in [4.69, 9.17) is 0 Å². The molecule has 0 N–H and O–H groups in total. The summed E-state index contributed by atoms with van der Waals surface area (Å²) < 4.78 is 0. The molecule has 0 aromatic heterocycles. The Hall–Kier alpha value is -0.0400. The van der Waals surface area contributed by atoms with E-state index < -0.39 is 0 Å². The number of hydrogen-bond acceptors (Lipinski definition) is 1. The summed E-state index contributed by atoms with van der Waals surface area (Å²) in [6.45, 7) is 12.1. The molecule has 0 saturated carbocycles. The van der Waals surface area contributed by atoms with Crippen molar-refractivity contribution < 1.29 is 0 Å². The zero-order valence-corrected chi connectivity index (χ0v) is 9.77. The summed E-state index contributed by atoms with van der Waals surface area (Å²) in [5.74, 6) is 0.952. The highest BCUT2D eigenvalue weighted by atomic mass is 15.2. The number of piperidine rings is 1. The first kappa shape index (κ1) is 11.0. The first-order valence-electron chi connectivity index (χ1n) is 5.81. The van der Waals surface area contributed by atoms with Crippen molar-refractivity contribution in [2.75, 3.05) is 13.1 Å². The predicted molar refractivity (Wildman–Crippen MR) is 59.0 cm³/mol. The molecule has 0 bridgehead atoms. The average Bonchev–Trinajstić information content (AvgIpc) is 2.05. The maximum Gasteiger partial charge on any atom is 0.0153 e. The molecule has 0 radical (unpaired) electrons. The van der Waals surface area contributed by atoms with Gasteiger partial charge in [0, 0.05) is 5.54 Å². The first-order chi connectivity index (χ1) is 6.06. The second-order valence-electron chi connectivity index (χ2n) is 5.23. The molecule has 0 amide bonds. The molecule has 1 fully saturated rings. The molecule has 1 aliphatic rings. The van der Waals surface area contributed by atoms with Gasteiger partial charge in [-0.15, -0.1) is 0 Å². The van der Waals surface area contributed by atoms with Crippen molar-refractivity contribution in [2.24, 2.45) is 5.92 Å². The van der Waals surface area contributed by atoms with Gasteiger partial charge in [0.2, 0.25) is 0 Å². The molecule has 1 heteroatoms. The fraction of sp³-hybridized carbons (Fsp3) is 1.00. The summed E-state index contributed by atoms with van der Waals surface area (Å²) >= 11 is 0. The van der Waals surface area contributed by atoms with Crippen LogP contribution >= 0.6 is 0 Å². The molecule has 0 atom stereocenters. The molecule has 0 aromatic carbocycles. The van der Waals surface area contributed by atoms with Crippen LogP contribution in [-0.2, 0) is 0 Å². The first-order valence-corrected chi connectivity index (χ1v) is 5.81. The van der Waals surface area contributed by atoms with Gasteiger partial charge < -0.3 is 0 Å². The summed E-state index contributed by atoms with van der Waals surface area (Å²) in [6, 6.07) is 0. The van der Waals surface area contributed by atoms with Crippen LogP contribution in [0, 0.1) is 5.92 Å². The van der Waals surface area contributed by atoms with E-state index in [0.717, 1.165) is 5.92 Å². The molecule has 0 aromatic rings. The van der Waals surface area contributed by atoms with Gasteiger partial charge in [-0.25, -0.2) is 0 Å². The van der Waals surface area contributed by atoms with Crippen molar-refractivity contribution in [1.29, 1.82) is 0 Å². The van der Waals surface area contributed by atoms with Crippen LogP contribution in [-0.4, -0.2) is 23.5 Å². The summed E-state index contributed by atoms with van der Waals surface area (Å²) in [5, 5.41) is 0. The van der Waals surface area contributed by atoms with E-state index in [9.17, 15) is 0 Å². The summed E-state index contributed by atoms with van der Waals surface area (Å²) in [4.78, 5) is 2.68. The quantitative estimate of drug-likeness (QED) is 0.649. The highest BCUT2D eigenvalue weighted by molar-refractivity contribution is 4.84. The third-order valence-corrected chi connectivity index (χ3v) is 3.50. The van der Waals surface area contributed by atoms with Gasteiger partial charge in [0.1, 0.15) is 0 Å². The number of likely N-dealkylation sites (tertiary alicyclic amines) is 1. The maximum absolute atomic E-state index is 2.68. The predicted octanol–water partition coefficient (Wildman–Crippen LogP) is 3.30. The monoisotopic (exact) mass is 183 g/mol. The molecule has 13 heavy (non-hydrogen) atoms. The summed E-state index contributed by atoms with van der Waals surface area (Å²) in [7, 11) is 0. The minimum atomic E-state index is 0.439. The molecule has 0 unspecified atom stereocenters. The Labute approximate surface area is 83.5 Å². The summed E-state index contributed by atoms with van der Waals surface area (Å²) in [6.07, 6.45) is 5.43. The Kier molecular flexibility index (Phi) is 3.78. The third-order valence-electron chi connectivity index (χ3n) is 3.50. The van der Waals surface area contributed by atoms with Crippen LogP contribution in [0.3, 0.4) is 0 Å². The molecule has 1 saturated heterocycles. The largest absolute Gasteiger partial charge is 0.298 e. The Bertz CT molecular complexity index is 143. The van der Waals surface area contributed by atoms with Gasteiger partial charge in [-0.1, -0.05) is 20.3 Å². The lowest BCUT2D eigenvalue weighted by Gasteiger charge is -2.42. The highest BCUT2D eigenvalue weighted by Crippen LogP contribution is 2.26. The van der Waals surface area contributed by atoms with Gasteiger partial charge in [-0.05, 0) is 52.1 Å². The molecule has 1 nitrogen and oxygen atoms in total. The molecular formula is C12H25N. The molecule has 0 aliphatic carbocycles. The fourth-order valence-electron chi connectivity index (χ4n) is 2.38. The lowest BCUT2D eigenvalue weighted by atomic mass is 9.91. The van der Waals surface area contributed by atoms with E-state index in [1.54, 1.807) is 0 Å². The van der Waals surface area contributed by atoms with Crippen LogP contribution in [0.15, 0.2) is 0 Å². The van der Waals surface area contributed by atoms with Crippen LogP contribution in [0.5, 0.6) is 0 Å². The lowest BCUT2D eigenvalue weighted by molar-refractivity contribution is 0.0713. The van der Waals surface area contributed by atoms with E-state index in [1.165, 1.54) is 38.8 Å². The van der Waals surface area contributed by atoms with Crippen molar-refractivity contribution in [3.05, 3.63) is 0 Å². The van der Waals surface area contributed by atoms with E-state index in [0.29, 0.717) is 5.54 Å². The van der Waals surface area contributed by atoms with Crippen LogP contribution in [0.1, 0.15) is 53.4 Å². The van der Waals surface area contributed by atoms with Crippen LogP contribution < -0.4 is 0 Å². The fourth-order valence-corrected chi connectivity index (χ4v) is 2.38. The zero-order chi connectivity index (χ0) is 9.90. The van der Waals surface area contributed by atoms with Gasteiger partial charge in [0.05, 0.1) is 0 Å². The van der Waals surface area contributed by atoms with Crippen molar-refractivity contribution in [2.45, 2.75) is 58.9 Å². The Morgan fingerprint density at radius 3 is 2.23 bits per heavy atom. The normalized spacial score (nSPS) is 22.2. The van der Waals surface area contributed by atoms with Crippen molar-refractivity contribution in [1.82, 2.24) is 4.90 Å². The van der Waals surface area contributed by atoms with Gasteiger partial charge in [-0.3, -0.25) is 4.90 Å². The average molecular weight is 183 g/mol. The number of nitrogens with zero attached hydrogens (tertiary/aromatic N) is 1. The van der Waals surface area contributed by atoms with E-state index >= 15 is 0 Å². The van der Waals surface area contributed by atoms with Crippen LogP contribution in [0.25, 0.3) is 0 Å².